The maximum Gasteiger partial charge on any atom is 0.308 e. The molecule has 0 aromatic heterocycles. The molecule has 0 radical (unpaired) electrons. The van der Waals surface area contributed by atoms with Crippen molar-refractivity contribution < 1.29 is 47.1 Å². The van der Waals surface area contributed by atoms with Crippen LogP contribution in [0.1, 0.15) is 54.0 Å². The molecule has 4 aromatic rings. The summed E-state index contributed by atoms with van der Waals surface area (Å²) in [5, 5.41) is 18.9. The Kier molecular flexibility index (Phi) is 10.3. The van der Waals surface area contributed by atoms with Crippen molar-refractivity contribution in [1.29, 1.82) is 0 Å². The first-order chi connectivity index (χ1) is 23.2. The van der Waals surface area contributed by atoms with Crippen molar-refractivity contribution in [1.82, 2.24) is 0 Å². The van der Waals surface area contributed by atoms with Gasteiger partial charge in [-0.1, -0.05) is 36.2 Å². The molecule has 6 rings (SSSR count). The highest BCUT2D eigenvalue weighted by atomic mass is 35.5. The predicted octanol–water partition coefficient (Wildman–Crippen LogP) is 8.25. The van der Waals surface area contributed by atoms with Gasteiger partial charge in [-0.05, 0) is 90.3 Å². The number of benzene rings is 4. The fourth-order valence-corrected chi connectivity index (χ4v) is 6.52. The molecule has 1 heterocycles. The number of carboxylic acids is 1. The highest BCUT2D eigenvalue weighted by molar-refractivity contribution is 6.32. The first-order valence-corrected chi connectivity index (χ1v) is 16.2. The lowest BCUT2D eigenvalue weighted by Gasteiger charge is -2.21. The Hall–Kier alpha value is -4.41. The molecule has 0 bridgehead atoms. The van der Waals surface area contributed by atoms with Crippen molar-refractivity contribution >= 4 is 17.6 Å². The van der Waals surface area contributed by atoms with E-state index in [9.17, 15) is 23.8 Å². The predicted molar refractivity (Wildman–Crippen MR) is 172 cm³/mol. The van der Waals surface area contributed by atoms with Crippen LogP contribution < -0.4 is 18.9 Å². The molecule has 0 unspecified atom stereocenters. The summed E-state index contributed by atoms with van der Waals surface area (Å²) in [6.45, 7) is 0.0761. The maximum absolute atomic E-state index is 15.6. The van der Waals surface area contributed by atoms with E-state index in [4.69, 9.17) is 30.5 Å². The van der Waals surface area contributed by atoms with E-state index < -0.39 is 35.9 Å². The zero-order chi connectivity index (χ0) is 33.8. The monoisotopic (exact) mass is 682 g/mol. The molecule has 2 atom stereocenters. The molecule has 252 valence electrons. The summed E-state index contributed by atoms with van der Waals surface area (Å²) < 4.78 is 66.9. The van der Waals surface area contributed by atoms with E-state index in [-0.39, 0.29) is 25.1 Å². The number of unbranched alkanes of at least 4 members (excludes halogenated alkanes) is 1. The van der Waals surface area contributed by atoms with E-state index in [1.54, 1.807) is 24.3 Å². The molecule has 0 saturated heterocycles. The second-order valence-corrected chi connectivity index (χ2v) is 12.3. The molecular formula is C37H34ClF3O7. The summed E-state index contributed by atoms with van der Waals surface area (Å²) >= 11 is 6.74. The van der Waals surface area contributed by atoms with Gasteiger partial charge in [0.25, 0.3) is 0 Å². The van der Waals surface area contributed by atoms with Crippen molar-refractivity contribution in [3.8, 4) is 34.1 Å². The Balaban J connectivity index is 1.24. The largest absolute Gasteiger partial charge is 0.488 e. The SMILES string of the molecule is O=C(O)[C@H](CO)CCCCc1cc(Cl)c(O[C@H]2CCc3c(-c4ccc5c(c4F)OCCO5)cccc32)cc1OCc1cc(F)cc(F)c1. The molecule has 0 fully saturated rings. The van der Waals surface area contributed by atoms with Gasteiger partial charge in [-0.2, -0.15) is 0 Å². The number of aliphatic hydroxyl groups excluding tert-OH is 1. The topological polar surface area (TPSA) is 94.5 Å². The lowest BCUT2D eigenvalue weighted by atomic mass is 9.96. The molecule has 1 aliphatic carbocycles. The average Bonchev–Trinajstić information content (AvgIpc) is 3.48. The number of hydrogen-bond acceptors (Lipinski definition) is 6. The van der Waals surface area contributed by atoms with Crippen molar-refractivity contribution in [3.05, 3.63) is 105 Å². The summed E-state index contributed by atoms with van der Waals surface area (Å²) in [7, 11) is 0. The third-order valence-electron chi connectivity index (χ3n) is 8.67. The van der Waals surface area contributed by atoms with Crippen molar-refractivity contribution in [2.45, 2.75) is 51.2 Å². The smallest absolute Gasteiger partial charge is 0.308 e. The molecule has 4 aromatic carbocycles. The molecule has 0 spiro atoms. The van der Waals surface area contributed by atoms with Crippen molar-refractivity contribution in [3.63, 3.8) is 0 Å². The van der Waals surface area contributed by atoms with Gasteiger partial charge in [0.2, 0.25) is 0 Å². The number of ether oxygens (including phenoxy) is 4. The Labute approximate surface area is 280 Å². The van der Waals surface area contributed by atoms with E-state index in [1.165, 1.54) is 12.1 Å². The number of rotatable bonds is 13. The van der Waals surface area contributed by atoms with E-state index in [1.807, 2.05) is 18.2 Å². The van der Waals surface area contributed by atoms with Crippen LogP contribution in [-0.4, -0.2) is 36.0 Å². The van der Waals surface area contributed by atoms with Crippen molar-refractivity contribution in [2.75, 3.05) is 19.8 Å². The Bertz CT molecular complexity index is 1790. The van der Waals surface area contributed by atoms with Crippen LogP contribution in [-0.2, 0) is 24.2 Å². The van der Waals surface area contributed by atoms with Crippen LogP contribution in [0.4, 0.5) is 13.2 Å². The number of aliphatic hydroxyl groups is 1. The van der Waals surface area contributed by atoms with Gasteiger partial charge >= 0.3 is 5.97 Å². The zero-order valence-corrected chi connectivity index (χ0v) is 26.7. The quantitative estimate of drug-likeness (QED) is 0.137. The number of carboxylic acid groups (broad SMARTS) is 1. The van der Waals surface area contributed by atoms with E-state index >= 15 is 4.39 Å². The van der Waals surface area contributed by atoms with Crippen LogP contribution in [0.15, 0.2) is 60.7 Å². The standard InChI is InChI=1S/C37H34ClF3O7/c38-30-16-22(4-1-2-5-23(19-42)37(43)44)33(47-20-21-14-24(39)17-25(40)15-21)18-34(30)48-31-10-8-27-26(6-3-7-28(27)31)29-9-11-32-36(35(29)41)46-13-12-45-32/h3,6-7,9,11,14-18,23,31,42H,1-2,4-5,8,10,12-13,19-20H2,(H,43,44)/t23-,31-/m0/s1. The molecule has 7 nitrogen and oxygen atoms in total. The van der Waals surface area contributed by atoms with Crippen LogP contribution in [0.5, 0.6) is 23.0 Å². The lowest BCUT2D eigenvalue weighted by Crippen LogP contribution is -2.17. The van der Waals surface area contributed by atoms with Crippen LogP contribution >= 0.6 is 11.6 Å². The molecule has 48 heavy (non-hydrogen) atoms. The number of carbonyl (C=O) groups is 1. The van der Waals surface area contributed by atoms with Gasteiger partial charge in [0.1, 0.15) is 49.1 Å². The number of aliphatic carboxylic acids is 1. The second kappa shape index (κ2) is 14.8. The number of hydrogen-bond donors (Lipinski definition) is 2. The summed E-state index contributed by atoms with van der Waals surface area (Å²) in [5.74, 6) is -2.57. The molecule has 2 N–H and O–H groups in total. The fourth-order valence-electron chi connectivity index (χ4n) is 6.28. The third kappa shape index (κ3) is 7.34. The van der Waals surface area contributed by atoms with Gasteiger partial charge in [-0.15, -0.1) is 0 Å². The van der Waals surface area contributed by atoms with Gasteiger partial charge in [0, 0.05) is 17.7 Å². The Morgan fingerprint density at radius 3 is 2.52 bits per heavy atom. The molecule has 11 heteroatoms. The third-order valence-corrected chi connectivity index (χ3v) is 8.97. The normalized spacial score (nSPS) is 15.6. The second-order valence-electron chi connectivity index (χ2n) is 11.9. The Morgan fingerprint density at radius 1 is 0.958 bits per heavy atom. The molecule has 1 aliphatic heterocycles. The van der Waals surface area contributed by atoms with E-state index in [0.717, 1.165) is 22.8 Å². The van der Waals surface area contributed by atoms with Crippen molar-refractivity contribution in [2.24, 2.45) is 5.92 Å². The first kappa shape index (κ1) is 33.5. The van der Waals surface area contributed by atoms with Gasteiger partial charge in [0.15, 0.2) is 17.3 Å². The molecule has 0 saturated carbocycles. The molecular weight excluding hydrogens is 649 g/mol. The number of aryl methyl sites for hydroxylation is 1. The summed E-state index contributed by atoms with van der Waals surface area (Å²) in [4.78, 5) is 11.3. The minimum absolute atomic E-state index is 0.109. The molecule has 0 amide bonds. The fraction of sp³-hybridized carbons (Fsp3) is 0.324. The van der Waals surface area contributed by atoms with Crippen LogP contribution in [0.3, 0.4) is 0 Å². The van der Waals surface area contributed by atoms with Gasteiger partial charge in [-0.25, -0.2) is 13.2 Å². The Morgan fingerprint density at radius 2 is 1.75 bits per heavy atom. The van der Waals surface area contributed by atoms with Gasteiger partial charge in [0.05, 0.1) is 17.5 Å². The van der Waals surface area contributed by atoms with Gasteiger partial charge in [-0.3, -0.25) is 4.79 Å². The first-order valence-electron chi connectivity index (χ1n) is 15.8. The summed E-state index contributed by atoms with van der Waals surface area (Å²) in [6, 6.07) is 15.6. The van der Waals surface area contributed by atoms with Crippen LogP contribution in [0.2, 0.25) is 5.02 Å². The van der Waals surface area contributed by atoms with Crippen LogP contribution in [0, 0.1) is 23.4 Å². The lowest BCUT2D eigenvalue weighted by molar-refractivity contribution is -0.143. The van der Waals surface area contributed by atoms with Crippen LogP contribution in [0.25, 0.3) is 11.1 Å². The molecule has 2 aliphatic rings. The van der Waals surface area contributed by atoms with E-state index in [2.05, 4.69) is 0 Å². The highest BCUT2D eigenvalue weighted by Crippen LogP contribution is 2.45. The number of halogens is 4. The average molecular weight is 683 g/mol. The van der Waals surface area contributed by atoms with E-state index in [0.29, 0.717) is 84.1 Å². The van der Waals surface area contributed by atoms with Gasteiger partial charge < -0.3 is 29.2 Å². The summed E-state index contributed by atoms with van der Waals surface area (Å²) in [6.07, 6.45) is 2.76. The highest BCUT2D eigenvalue weighted by Gasteiger charge is 2.30. The minimum atomic E-state index is -1.05. The maximum atomic E-state index is 15.6. The summed E-state index contributed by atoms with van der Waals surface area (Å²) in [5.41, 5.74) is 4.02. The minimum Gasteiger partial charge on any atom is -0.488 e. The number of fused-ring (bicyclic) bond motifs is 2. The zero-order valence-electron chi connectivity index (χ0n) is 25.9.